The summed E-state index contributed by atoms with van der Waals surface area (Å²) >= 11 is 3.26. The summed E-state index contributed by atoms with van der Waals surface area (Å²) in [7, 11) is 1.19. The number of methoxy groups -OCH3 is 1. The van der Waals surface area contributed by atoms with Crippen LogP contribution in [0, 0.1) is 0 Å². The number of rotatable bonds is 9. The van der Waals surface area contributed by atoms with Crippen molar-refractivity contribution in [1.82, 2.24) is 0 Å². The Hall–Kier alpha value is -2.48. The molecule has 0 fully saturated rings. The summed E-state index contributed by atoms with van der Waals surface area (Å²) in [5.41, 5.74) is 0.760. The highest BCUT2D eigenvalue weighted by Crippen LogP contribution is 2.10. The lowest BCUT2D eigenvalue weighted by Gasteiger charge is -2.09. The Morgan fingerprint density at radius 2 is 1.69 bits per heavy atom. The van der Waals surface area contributed by atoms with Crippen LogP contribution in [-0.2, 0) is 39.8 Å². The van der Waals surface area contributed by atoms with E-state index in [9.17, 15) is 19.2 Å². The number of esters is 4. The van der Waals surface area contributed by atoms with Gasteiger partial charge in [-0.15, -0.1) is 0 Å². The van der Waals surface area contributed by atoms with E-state index < -0.39 is 23.9 Å². The minimum absolute atomic E-state index is 0.00438. The van der Waals surface area contributed by atoms with Gasteiger partial charge in [-0.3, -0.25) is 9.59 Å². The molecule has 0 amide bonds. The minimum atomic E-state index is -0.708. The van der Waals surface area contributed by atoms with Gasteiger partial charge in [0.1, 0.15) is 6.61 Å². The number of hydrogen-bond donors (Lipinski definition) is 0. The van der Waals surface area contributed by atoms with E-state index in [2.05, 4.69) is 20.7 Å². The van der Waals surface area contributed by atoms with Crippen molar-refractivity contribution in [2.75, 3.05) is 13.7 Å². The Labute approximate surface area is 159 Å². The predicted molar refractivity (Wildman–Crippen MR) is 95.3 cm³/mol. The van der Waals surface area contributed by atoms with Crippen molar-refractivity contribution >= 4 is 39.8 Å². The molecule has 1 atom stereocenters. The van der Waals surface area contributed by atoms with E-state index in [1.807, 2.05) is 6.07 Å². The molecule has 8 heteroatoms. The third-order valence-corrected chi connectivity index (χ3v) is 3.77. The number of alkyl halides is 1. The van der Waals surface area contributed by atoms with Crippen LogP contribution in [0.2, 0.25) is 0 Å². The normalized spacial score (nSPS) is 11.6. The van der Waals surface area contributed by atoms with Crippen LogP contribution in [0.1, 0.15) is 18.4 Å². The predicted octanol–water partition coefficient (Wildman–Crippen LogP) is 2.12. The molecule has 1 unspecified atom stereocenters. The van der Waals surface area contributed by atoms with Gasteiger partial charge in [0.25, 0.3) is 0 Å². The van der Waals surface area contributed by atoms with Gasteiger partial charge < -0.3 is 14.2 Å². The monoisotopic (exact) mass is 426 g/mol. The van der Waals surface area contributed by atoms with Gasteiger partial charge >= 0.3 is 23.9 Å². The number of hydrogen-bond acceptors (Lipinski definition) is 7. The van der Waals surface area contributed by atoms with Gasteiger partial charge in [-0.05, 0) is 12.0 Å². The molecule has 0 heterocycles. The van der Waals surface area contributed by atoms with Crippen molar-refractivity contribution < 1.29 is 33.4 Å². The van der Waals surface area contributed by atoms with Gasteiger partial charge in [-0.1, -0.05) is 46.3 Å². The summed E-state index contributed by atoms with van der Waals surface area (Å²) in [5, 5.41) is 0. The fourth-order valence-corrected chi connectivity index (χ4v) is 2.12. The minimum Gasteiger partial charge on any atom is -0.466 e. The molecule has 1 aromatic carbocycles. The lowest BCUT2D eigenvalue weighted by molar-refractivity contribution is -0.159. The van der Waals surface area contributed by atoms with Gasteiger partial charge in [-0.25, -0.2) is 9.59 Å². The fourth-order valence-electron chi connectivity index (χ4n) is 1.76. The van der Waals surface area contributed by atoms with Crippen LogP contribution in [0.3, 0.4) is 0 Å². The number of halogens is 1. The number of carbonyl (C=O) groups is 4. The molecule has 0 aliphatic rings. The highest BCUT2D eigenvalue weighted by Gasteiger charge is 2.14. The molecular weight excluding hydrogens is 408 g/mol. The summed E-state index contributed by atoms with van der Waals surface area (Å²) in [6, 6.07) is 8.95. The summed E-state index contributed by atoms with van der Waals surface area (Å²) in [6.45, 7) is -0.00438. The summed E-state index contributed by atoms with van der Waals surface area (Å²) in [4.78, 5) is 45.2. The average Bonchev–Trinajstić information content (AvgIpc) is 2.63. The van der Waals surface area contributed by atoms with E-state index in [0.29, 0.717) is 6.42 Å². The Bertz CT molecular complexity index is 655. The van der Waals surface area contributed by atoms with Gasteiger partial charge in [0, 0.05) is 23.4 Å². The molecule has 140 valence electrons. The first-order valence-corrected chi connectivity index (χ1v) is 8.66. The Kier molecular flexibility index (Phi) is 9.93. The molecule has 0 aromatic heterocycles. The van der Waals surface area contributed by atoms with E-state index in [0.717, 1.165) is 17.7 Å². The lowest BCUT2D eigenvalue weighted by atomic mass is 10.1. The van der Waals surface area contributed by atoms with Crippen LogP contribution >= 0.6 is 15.9 Å². The fraction of sp³-hybridized carbons (Fsp3) is 0.333. The van der Waals surface area contributed by atoms with Crippen LogP contribution in [-0.4, -0.2) is 42.4 Å². The molecule has 0 radical (unpaired) electrons. The van der Waals surface area contributed by atoms with Gasteiger partial charge in [0.2, 0.25) is 0 Å². The number of benzene rings is 1. The third kappa shape index (κ3) is 9.73. The molecular formula is C18H19BrO7. The molecule has 0 N–H and O–H groups in total. The quantitative estimate of drug-likeness (QED) is 0.196. The zero-order valence-corrected chi connectivity index (χ0v) is 15.8. The maximum absolute atomic E-state index is 11.7. The second-order valence-corrected chi connectivity index (χ2v) is 6.43. The second kappa shape index (κ2) is 12.0. The van der Waals surface area contributed by atoms with E-state index in [1.54, 1.807) is 24.3 Å². The Morgan fingerprint density at radius 3 is 2.35 bits per heavy atom. The van der Waals surface area contributed by atoms with E-state index in [4.69, 9.17) is 9.47 Å². The number of carbonyl (C=O) groups excluding carboxylic acids is 4. The highest BCUT2D eigenvalue weighted by atomic mass is 79.9. The van der Waals surface area contributed by atoms with E-state index >= 15 is 0 Å². The van der Waals surface area contributed by atoms with Crippen molar-refractivity contribution in [2.24, 2.45) is 0 Å². The van der Waals surface area contributed by atoms with E-state index in [-0.39, 0.29) is 24.3 Å². The molecule has 0 aliphatic carbocycles. The zero-order valence-electron chi connectivity index (χ0n) is 14.2. The van der Waals surface area contributed by atoms with Crippen molar-refractivity contribution in [2.45, 2.75) is 24.1 Å². The van der Waals surface area contributed by atoms with Gasteiger partial charge in [0.15, 0.2) is 0 Å². The van der Waals surface area contributed by atoms with Crippen LogP contribution < -0.4 is 0 Å². The van der Waals surface area contributed by atoms with Crippen LogP contribution in [0.25, 0.3) is 0 Å². The van der Waals surface area contributed by atoms with Gasteiger partial charge in [0.05, 0.1) is 13.5 Å². The Balaban J connectivity index is 2.23. The first kappa shape index (κ1) is 21.6. The summed E-state index contributed by atoms with van der Waals surface area (Å²) in [6.07, 6.45) is 2.22. The smallest absolute Gasteiger partial charge is 0.331 e. The maximum Gasteiger partial charge on any atom is 0.331 e. The molecule has 7 nitrogen and oxygen atoms in total. The topological polar surface area (TPSA) is 96.0 Å². The molecule has 0 saturated heterocycles. The van der Waals surface area contributed by atoms with Crippen LogP contribution in [0.4, 0.5) is 0 Å². The first-order chi connectivity index (χ1) is 12.4. The average molecular weight is 427 g/mol. The van der Waals surface area contributed by atoms with Crippen molar-refractivity contribution in [3.8, 4) is 0 Å². The molecule has 0 aliphatic heterocycles. The first-order valence-electron chi connectivity index (χ1n) is 7.75. The standard InChI is InChI=1S/C18H19BrO7/c1-24-15(20)9-10-16(21)25-12-14(19)7-8-17(22)26-18(23)11-13-5-3-2-4-6-13/h2-6,9-10,14H,7-8,11-12H2,1H3/b10-9-. The summed E-state index contributed by atoms with van der Waals surface area (Å²) in [5.74, 6) is -2.64. The largest absolute Gasteiger partial charge is 0.466 e. The molecule has 1 aromatic rings. The zero-order chi connectivity index (χ0) is 19.4. The van der Waals surface area contributed by atoms with Crippen LogP contribution in [0.5, 0.6) is 0 Å². The number of ether oxygens (including phenoxy) is 3. The Morgan fingerprint density at radius 1 is 1.04 bits per heavy atom. The molecule has 0 saturated carbocycles. The van der Waals surface area contributed by atoms with Crippen LogP contribution in [0.15, 0.2) is 42.5 Å². The second-order valence-electron chi connectivity index (χ2n) is 5.13. The highest BCUT2D eigenvalue weighted by molar-refractivity contribution is 9.09. The third-order valence-electron chi connectivity index (χ3n) is 3.04. The van der Waals surface area contributed by atoms with Crippen molar-refractivity contribution in [3.05, 3.63) is 48.0 Å². The van der Waals surface area contributed by atoms with E-state index in [1.165, 1.54) is 7.11 Å². The van der Waals surface area contributed by atoms with Gasteiger partial charge in [-0.2, -0.15) is 0 Å². The van der Waals surface area contributed by atoms with Crippen molar-refractivity contribution in [3.63, 3.8) is 0 Å². The molecule has 0 spiro atoms. The molecule has 0 bridgehead atoms. The molecule has 26 heavy (non-hydrogen) atoms. The SMILES string of the molecule is COC(=O)/C=C\C(=O)OCC(Br)CCC(=O)OC(=O)Cc1ccccc1. The van der Waals surface area contributed by atoms with Crippen molar-refractivity contribution in [1.29, 1.82) is 0 Å². The summed E-state index contributed by atoms with van der Waals surface area (Å²) < 4.78 is 14.0. The molecule has 1 rings (SSSR count). The maximum atomic E-state index is 11.7. The lowest BCUT2D eigenvalue weighted by Crippen LogP contribution is -2.17.